The van der Waals surface area contributed by atoms with Gasteiger partial charge < -0.3 is 15.2 Å². The van der Waals surface area contributed by atoms with Gasteiger partial charge in [0, 0.05) is 31.2 Å². The van der Waals surface area contributed by atoms with Crippen molar-refractivity contribution in [2.75, 3.05) is 32.9 Å². The van der Waals surface area contributed by atoms with Gasteiger partial charge in [0.25, 0.3) is 0 Å². The molecule has 2 unspecified atom stereocenters. The van der Waals surface area contributed by atoms with Crippen LogP contribution in [0.4, 0.5) is 0 Å². The summed E-state index contributed by atoms with van der Waals surface area (Å²) in [5.41, 5.74) is 0. The SMILES string of the molecule is [CH2]C(C1CC[C@@H](CO)N1)N1CCOCC1. The summed E-state index contributed by atoms with van der Waals surface area (Å²) in [5, 5.41) is 12.5. The van der Waals surface area contributed by atoms with Gasteiger partial charge in [-0.15, -0.1) is 0 Å². The minimum absolute atomic E-state index is 0.242. The normalized spacial score (nSPS) is 35.6. The first-order chi connectivity index (χ1) is 7.31. The lowest BCUT2D eigenvalue weighted by molar-refractivity contribution is 0.0188. The van der Waals surface area contributed by atoms with Gasteiger partial charge in [0.05, 0.1) is 19.8 Å². The van der Waals surface area contributed by atoms with Gasteiger partial charge >= 0.3 is 0 Å². The van der Waals surface area contributed by atoms with Crippen LogP contribution in [0, 0.1) is 6.92 Å². The highest BCUT2D eigenvalue weighted by molar-refractivity contribution is 4.94. The van der Waals surface area contributed by atoms with Crippen LogP contribution in [0.3, 0.4) is 0 Å². The van der Waals surface area contributed by atoms with Gasteiger partial charge in [-0.05, 0) is 19.8 Å². The molecule has 0 aromatic rings. The maximum atomic E-state index is 9.06. The molecule has 0 amide bonds. The highest BCUT2D eigenvalue weighted by Gasteiger charge is 2.31. The topological polar surface area (TPSA) is 44.7 Å². The van der Waals surface area contributed by atoms with E-state index in [2.05, 4.69) is 17.1 Å². The Labute approximate surface area is 91.6 Å². The number of aliphatic hydroxyl groups is 1. The van der Waals surface area contributed by atoms with Crippen LogP contribution >= 0.6 is 0 Å². The van der Waals surface area contributed by atoms with Crippen LogP contribution in [0.2, 0.25) is 0 Å². The van der Waals surface area contributed by atoms with E-state index in [-0.39, 0.29) is 12.6 Å². The smallest absolute Gasteiger partial charge is 0.0594 e. The Balaban J connectivity index is 1.82. The molecule has 2 aliphatic heterocycles. The van der Waals surface area contributed by atoms with E-state index in [9.17, 15) is 0 Å². The van der Waals surface area contributed by atoms with Crippen molar-refractivity contribution in [3.8, 4) is 0 Å². The van der Waals surface area contributed by atoms with E-state index in [0.29, 0.717) is 12.1 Å². The van der Waals surface area contributed by atoms with E-state index in [0.717, 1.165) is 39.1 Å². The largest absolute Gasteiger partial charge is 0.395 e. The number of ether oxygens (including phenoxy) is 1. The van der Waals surface area contributed by atoms with Gasteiger partial charge in [0.15, 0.2) is 0 Å². The van der Waals surface area contributed by atoms with Crippen LogP contribution in [0.1, 0.15) is 12.8 Å². The monoisotopic (exact) mass is 213 g/mol. The molecule has 2 fully saturated rings. The van der Waals surface area contributed by atoms with E-state index in [1.54, 1.807) is 0 Å². The molecule has 4 heteroatoms. The van der Waals surface area contributed by atoms with Crippen molar-refractivity contribution < 1.29 is 9.84 Å². The van der Waals surface area contributed by atoms with Crippen LogP contribution in [0.25, 0.3) is 0 Å². The average Bonchev–Trinajstić information content (AvgIpc) is 2.78. The van der Waals surface area contributed by atoms with Crippen molar-refractivity contribution in [1.82, 2.24) is 10.2 Å². The van der Waals surface area contributed by atoms with Crippen molar-refractivity contribution in [2.45, 2.75) is 31.0 Å². The van der Waals surface area contributed by atoms with Crippen LogP contribution in [0.15, 0.2) is 0 Å². The summed E-state index contributed by atoms with van der Waals surface area (Å²) in [4.78, 5) is 2.38. The minimum atomic E-state index is 0.242. The van der Waals surface area contributed by atoms with Gasteiger partial charge in [-0.2, -0.15) is 0 Å². The zero-order chi connectivity index (χ0) is 10.7. The summed E-state index contributed by atoms with van der Waals surface area (Å²) in [6.07, 6.45) is 2.19. The quantitative estimate of drug-likeness (QED) is 0.672. The van der Waals surface area contributed by atoms with Crippen LogP contribution in [-0.4, -0.2) is 61.0 Å². The number of nitrogens with zero attached hydrogens (tertiary/aromatic N) is 1. The Hall–Kier alpha value is -0.160. The molecule has 87 valence electrons. The maximum absolute atomic E-state index is 9.06. The number of hydrogen-bond donors (Lipinski definition) is 2. The molecular weight excluding hydrogens is 192 g/mol. The van der Waals surface area contributed by atoms with Crippen molar-refractivity contribution in [1.29, 1.82) is 0 Å². The fraction of sp³-hybridized carbons (Fsp3) is 0.909. The predicted octanol–water partition coefficient (Wildman–Crippen LogP) is -0.366. The van der Waals surface area contributed by atoms with Gasteiger partial charge in [-0.3, -0.25) is 4.90 Å². The Morgan fingerprint density at radius 2 is 2.13 bits per heavy atom. The van der Waals surface area contributed by atoms with Crippen LogP contribution in [0.5, 0.6) is 0 Å². The molecule has 2 N–H and O–H groups in total. The molecule has 1 radical (unpaired) electrons. The second-order valence-corrected chi connectivity index (χ2v) is 4.45. The summed E-state index contributed by atoms with van der Waals surface area (Å²) in [5.74, 6) is 0. The number of hydrogen-bond acceptors (Lipinski definition) is 4. The van der Waals surface area contributed by atoms with Gasteiger partial charge in [0.1, 0.15) is 0 Å². The molecule has 0 saturated carbocycles. The summed E-state index contributed by atoms with van der Waals surface area (Å²) in [6.45, 7) is 8.09. The molecule has 2 saturated heterocycles. The summed E-state index contributed by atoms with van der Waals surface area (Å²) in [6, 6.07) is 1.02. The molecule has 15 heavy (non-hydrogen) atoms. The minimum Gasteiger partial charge on any atom is -0.395 e. The molecule has 0 bridgehead atoms. The Kier molecular flexibility index (Phi) is 3.97. The summed E-state index contributed by atoms with van der Waals surface area (Å²) in [7, 11) is 0. The Morgan fingerprint density at radius 1 is 1.40 bits per heavy atom. The van der Waals surface area contributed by atoms with Gasteiger partial charge in [0.2, 0.25) is 0 Å². The second kappa shape index (κ2) is 5.25. The number of morpholine rings is 1. The zero-order valence-electron chi connectivity index (χ0n) is 9.19. The van der Waals surface area contributed by atoms with Crippen molar-refractivity contribution >= 4 is 0 Å². The Morgan fingerprint density at radius 3 is 2.73 bits per heavy atom. The predicted molar refractivity (Wildman–Crippen MR) is 58.6 cm³/mol. The number of aliphatic hydroxyl groups excluding tert-OH is 1. The number of rotatable bonds is 3. The molecule has 2 aliphatic rings. The lowest BCUT2D eigenvalue weighted by Crippen LogP contribution is -2.51. The van der Waals surface area contributed by atoms with Crippen molar-refractivity contribution in [2.24, 2.45) is 0 Å². The molecule has 2 rings (SSSR count). The van der Waals surface area contributed by atoms with Crippen LogP contribution < -0.4 is 5.32 Å². The first-order valence-corrected chi connectivity index (χ1v) is 5.83. The van der Waals surface area contributed by atoms with Gasteiger partial charge in [-0.1, -0.05) is 0 Å². The summed E-state index contributed by atoms with van der Waals surface area (Å²) >= 11 is 0. The Bertz CT molecular complexity index is 195. The fourth-order valence-electron chi connectivity index (χ4n) is 2.46. The second-order valence-electron chi connectivity index (χ2n) is 4.45. The lowest BCUT2D eigenvalue weighted by Gasteiger charge is -2.35. The maximum Gasteiger partial charge on any atom is 0.0594 e. The van der Waals surface area contributed by atoms with Crippen LogP contribution in [-0.2, 0) is 4.74 Å². The molecule has 3 atom stereocenters. The highest BCUT2D eigenvalue weighted by Crippen LogP contribution is 2.18. The molecule has 0 aromatic heterocycles. The average molecular weight is 213 g/mol. The zero-order valence-corrected chi connectivity index (χ0v) is 9.19. The van der Waals surface area contributed by atoms with E-state index in [4.69, 9.17) is 9.84 Å². The first-order valence-electron chi connectivity index (χ1n) is 5.83. The van der Waals surface area contributed by atoms with E-state index >= 15 is 0 Å². The molecular formula is C11H21N2O2. The van der Waals surface area contributed by atoms with E-state index < -0.39 is 0 Å². The molecule has 0 aliphatic carbocycles. The third-order valence-corrected chi connectivity index (χ3v) is 3.48. The molecule has 0 aromatic carbocycles. The van der Waals surface area contributed by atoms with Gasteiger partial charge in [-0.25, -0.2) is 0 Å². The number of nitrogens with one attached hydrogen (secondary N) is 1. The van der Waals surface area contributed by atoms with E-state index in [1.807, 2.05) is 0 Å². The van der Waals surface area contributed by atoms with E-state index in [1.165, 1.54) is 0 Å². The van der Waals surface area contributed by atoms with Crippen molar-refractivity contribution in [3.05, 3.63) is 6.92 Å². The third-order valence-electron chi connectivity index (χ3n) is 3.48. The third kappa shape index (κ3) is 2.69. The first kappa shape index (κ1) is 11.3. The van der Waals surface area contributed by atoms with Crippen molar-refractivity contribution in [3.63, 3.8) is 0 Å². The standard InChI is InChI=1S/C11H21N2O2/c1-9(13-4-6-15-7-5-13)11-3-2-10(8-14)12-11/h9-12,14H,1-8H2/t9?,10-,11?/m0/s1. The summed E-state index contributed by atoms with van der Waals surface area (Å²) < 4.78 is 5.32. The fourth-order valence-corrected chi connectivity index (χ4v) is 2.46. The molecule has 0 spiro atoms. The highest BCUT2D eigenvalue weighted by atomic mass is 16.5. The lowest BCUT2D eigenvalue weighted by atomic mass is 10.1. The molecule has 4 nitrogen and oxygen atoms in total. The molecule has 2 heterocycles.